The van der Waals surface area contributed by atoms with Gasteiger partial charge in [0.05, 0.1) is 0 Å². The number of rotatable bonds is 9. The van der Waals surface area contributed by atoms with E-state index in [4.69, 9.17) is 0 Å². The summed E-state index contributed by atoms with van der Waals surface area (Å²) >= 11 is 0. The van der Waals surface area contributed by atoms with Gasteiger partial charge in [-0.25, -0.2) is 0 Å². The molecule has 0 aromatic carbocycles. The predicted octanol–water partition coefficient (Wildman–Crippen LogP) is 2.50. The van der Waals surface area contributed by atoms with Crippen LogP contribution in [0.1, 0.15) is 46.5 Å². The van der Waals surface area contributed by atoms with Crippen LogP contribution in [-0.2, 0) is 0 Å². The van der Waals surface area contributed by atoms with E-state index in [-0.39, 0.29) is 0 Å². The highest BCUT2D eigenvalue weighted by molar-refractivity contribution is 4.66. The van der Waals surface area contributed by atoms with Crippen molar-refractivity contribution in [2.45, 2.75) is 52.5 Å². The first-order valence-electron chi connectivity index (χ1n) is 6.16. The second kappa shape index (κ2) is 9.47. The first-order valence-corrected chi connectivity index (χ1v) is 6.16. The molecule has 1 N–H and O–H groups in total. The van der Waals surface area contributed by atoms with E-state index in [9.17, 15) is 0 Å². The Morgan fingerprint density at radius 3 is 2.07 bits per heavy atom. The second-order valence-corrected chi connectivity index (χ2v) is 4.12. The molecule has 0 aromatic rings. The number of nitrogens with one attached hydrogen (secondary N) is 1. The first kappa shape index (κ1) is 13.9. The van der Waals surface area contributed by atoms with Gasteiger partial charge < -0.3 is 10.2 Å². The van der Waals surface area contributed by atoms with Gasteiger partial charge in [0.15, 0.2) is 0 Å². The normalized spacial score (nSPS) is 11.6. The molecule has 0 heterocycles. The average molecular weight is 200 g/mol. The van der Waals surface area contributed by atoms with E-state index in [1.54, 1.807) is 0 Å². The predicted molar refractivity (Wildman–Crippen MR) is 64.8 cm³/mol. The molecule has 0 rings (SSSR count). The summed E-state index contributed by atoms with van der Waals surface area (Å²) < 4.78 is 0. The molecule has 0 atom stereocenters. The molecule has 2 heteroatoms. The zero-order valence-electron chi connectivity index (χ0n) is 10.5. The van der Waals surface area contributed by atoms with E-state index in [1.165, 1.54) is 32.2 Å². The number of nitrogens with zero attached hydrogens (tertiary/aromatic N) is 1. The monoisotopic (exact) mass is 200 g/mol. The Bertz CT molecular complexity index is 109. The molecule has 0 fully saturated rings. The Labute approximate surface area is 90.1 Å². The van der Waals surface area contributed by atoms with Crippen molar-refractivity contribution in [2.75, 3.05) is 26.7 Å². The molecule has 0 bridgehead atoms. The molecule has 86 valence electrons. The molecule has 14 heavy (non-hydrogen) atoms. The van der Waals surface area contributed by atoms with Crippen LogP contribution in [0.25, 0.3) is 0 Å². The van der Waals surface area contributed by atoms with Gasteiger partial charge in [-0.3, -0.25) is 0 Å². The summed E-state index contributed by atoms with van der Waals surface area (Å²) in [5.74, 6) is 0. The quantitative estimate of drug-likeness (QED) is 0.615. The van der Waals surface area contributed by atoms with Gasteiger partial charge in [0, 0.05) is 19.1 Å². The van der Waals surface area contributed by atoms with E-state index in [2.05, 4.69) is 38.0 Å². The summed E-state index contributed by atoms with van der Waals surface area (Å²) in [6, 6.07) is 0.746. The fourth-order valence-corrected chi connectivity index (χ4v) is 1.66. The maximum Gasteiger partial charge on any atom is 0.0104 e. The lowest BCUT2D eigenvalue weighted by molar-refractivity contribution is 0.331. The van der Waals surface area contributed by atoms with E-state index in [0.29, 0.717) is 0 Å². The standard InChI is InChI=1S/C12H28N2/c1-5-8-12(9-6-2)13-10-11-14(4)7-3/h12-13H,5-11H2,1-4H3. The minimum absolute atomic E-state index is 0.746. The third-order valence-electron chi connectivity index (χ3n) is 2.74. The number of hydrogen-bond acceptors (Lipinski definition) is 2. The van der Waals surface area contributed by atoms with Crippen LogP contribution in [-0.4, -0.2) is 37.6 Å². The van der Waals surface area contributed by atoms with Gasteiger partial charge in [0.1, 0.15) is 0 Å². The van der Waals surface area contributed by atoms with Crippen molar-refractivity contribution in [1.29, 1.82) is 0 Å². The van der Waals surface area contributed by atoms with Gasteiger partial charge in [-0.05, 0) is 26.4 Å². The molecule has 0 aromatic heterocycles. The van der Waals surface area contributed by atoms with Crippen LogP contribution in [0.4, 0.5) is 0 Å². The summed E-state index contributed by atoms with van der Waals surface area (Å²) in [6.45, 7) is 10.2. The Kier molecular flexibility index (Phi) is 9.42. The van der Waals surface area contributed by atoms with Crippen molar-refractivity contribution >= 4 is 0 Å². The van der Waals surface area contributed by atoms with Crippen LogP contribution in [0.15, 0.2) is 0 Å². The summed E-state index contributed by atoms with van der Waals surface area (Å²) in [5.41, 5.74) is 0. The maximum atomic E-state index is 3.65. The van der Waals surface area contributed by atoms with Crippen molar-refractivity contribution in [1.82, 2.24) is 10.2 Å². The summed E-state index contributed by atoms with van der Waals surface area (Å²) in [5, 5.41) is 3.65. The van der Waals surface area contributed by atoms with Gasteiger partial charge in [0.2, 0.25) is 0 Å². The summed E-state index contributed by atoms with van der Waals surface area (Å²) in [4.78, 5) is 2.35. The van der Waals surface area contributed by atoms with E-state index in [0.717, 1.165) is 19.1 Å². The molecule has 0 aliphatic heterocycles. The number of likely N-dealkylation sites (N-methyl/N-ethyl adjacent to an activating group) is 1. The van der Waals surface area contributed by atoms with Crippen molar-refractivity contribution in [2.24, 2.45) is 0 Å². The highest BCUT2D eigenvalue weighted by Gasteiger charge is 2.05. The maximum absolute atomic E-state index is 3.65. The third kappa shape index (κ3) is 7.34. The Morgan fingerprint density at radius 1 is 1.07 bits per heavy atom. The Hall–Kier alpha value is -0.0800. The second-order valence-electron chi connectivity index (χ2n) is 4.12. The fraction of sp³-hybridized carbons (Fsp3) is 1.00. The summed E-state index contributed by atoms with van der Waals surface area (Å²) in [7, 11) is 2.18. The van der Waals surface area contributed by atoms with Crippen molar-refractivity contribution in [3.63, 3.8) is 0 Å². The molecule has 0 spiro atoms. The molecule has 2 nitrogen and oxygen atoms in total. The lowest BCUT2D eigenvalue weighted by atomic mass is 10.1. The van der Waals surface area contributed by atoms with E-state index >= 15 is 0 Å². The lowest BCUT2D eigenvalue weighted by Gasteiger charge is -2.20. The zero-order chi connectivity index (χ0) is 10.8. The molecule has 0 saturated heterocycles. The zero-order valence-corrected chi connectivity index (χ0v) is 10.5. The van der Waals surface area contributed by atoms with Gasteiger partial charge in [0.25, 0.3) is 0 Å². The largest absolute Gasteiger partial charge is 0.313 e. The molecule has 0 aliphatic carbocycles. The van der Waals surface area contributed by atoms with Crippen molar-refractivity contribution in [3.8, 4) is 0 Å². The molecular formula is C12H28N2. The molecule has 0 saturated carbocycles. The van der Waals surface area contributed by atoms with Gasteiger partial charge in [-0.15, -0.1) is 0 Å². The fourth-order valence-electron chi connectivity index (χ4n) is 1.66. The minimum Gasteiger partial charge on any atom is -0.313 e. The van der Waals surface area contributed by atoms with Crippen molar-refractivity contribution < 1.29 is 0 Å². The average Bonchev–Trinajstić information content (AvgIpc) is 2.18. The van der Waals surface area contributed by atoms with Crippen LogP contribution in [0.3, 0.4) is 0 Å². The topological polar surface area (TPSA) is 15.3 Å². The van der Waals surface area contributed by atoms with Gasteiger partial charge >= 0.3 is 0 Å². The molecule has 0 aliphatic rings. The minimum atomic E-state index is 0.746. The van der Waals surface area contributed by atoms with Crippen LogP contribution in [0.2, 0.25) is 0 Å². The molecular weight excluding hydrogens is 172 g/mol. The third-order valence-corrected chi connectivity index (χ3v) is 2.74. The van der Waals surface area contributed by atoms with E-state index < -0.39 is 0 Å². The van der Waals surface area contributed by atoms with Crippen LogP contribution in [0, 0.1) is 0 Å². The lowest BCUT2D eigenvalue weighted by Crippen LogP contribution is -2.35. The highest BCUT2D eigenvalue weighted by Crippen LogP contribution is 2.03. The summed E-state index contributed by atoms with van der Waals surface area (Å²) in [6.07, 6.45) is 5.23. The molecule has 0 radical (unpaired) electrons. The van der Waals surface area contributed by atoms with Gasteiger partial charge in [-0.1, -0.05) is 33.6 Å². The smallest absolute Gasteiger partial charge is 0.0104 e. The van der Waals surface area contributed by atoms with E-state index in [1.807, 2.05) is 0 Å². The molecule has 0 amide bonds. The van der Waals surface area contributed by atoms with Crippen LogP contribution in [0.5, 0.6) is 0 Å². The van der Waals surface area contributed by atoms with Crippen LogP contribution < -0.4 is 5.32 Å². The highest BCUT2D eigenvalue weighted by atomic mass is 15.1. The Morgan fingerprint density at radius 2 is 1.64 bits per heavy atom. The number of hydrogen-bond donors (Lipinski definition) is 1. The van der Waals surface area contributed by atoms with Crippen LogP contribution >= 0.6 is 0 Å². The Balaban J connectivity index is 3.49. The SMILES string of the molecule is CCCC(CCC)NCCN(C)CC. The first-order chi connectivity index (χ1) is 6.74. The van der Waals surface area contributed by atoms with Crippen molar-refractivity contribution in [3.05, 3.63) is 0 Å². The molecule has 0 unspecified atom stereocenters. The van der Waals surface area contributed by atoms with Gasteiger partial charge in [-0.2, -0.15) is 0 Å².